The Hall–Kier alpha value is -3.87. The molecule has 5 aromatic rings. The summed E-state index contributed by atoms with van der Waals surface area (Å²) < 4.78 is 3.61. The molecule has 172 valence electrons. The third-order valence-corrected chi connectivity index (χ3v) is 4.55. The Balaban J connectivity index is 0.000000169. The predicted molar refractivity (Wildman–Crippen MR) is 137 cm³/mol. The summed E-state index contributed by atoms with van der Waals surface area (Å²) >= 11 is 0. The molecule has 7 heteroatoms. The molecule has 0 N–H and O–H groups in total. The highest BCUT2D eigenvalue weighted by molar-refractivity contribution is 5.63. The van der Waals surface area contributed by atoms with Crippen molar-refractivity contribution in [3.8, 4) is 0 Å². The lowest BCUT2D eigenvalue weighted by atomic mass is 10.2. The monoisotopic (exact) mass is 443 g/mol. The molecular formula is C26H33N7. The quantitative estimate of drug-likeness (QED) is 0.292. The minimum absolute atomic E-state index is 0.903. The van der Waals surface area contributed by atoms with Crippen LogP contribution < -0.4 is 0 Å². The fraction of sp³-hybridized carbons (Fsp3) is 0.269. The van der Waals surface area contributed by atoms with Crippen LogP contribution in [0.2, 0.25) is 0 Å². The number of aromatic nitrogens is 6. The summed E-state index contributed by atoms with van der Waals surface area (Å²) in [6, 6.07) is 12.1. The zero-order chi connectivity index (χ0) is 24.2. The zero-order valence-corrected chi connectivity index (χ0v) is 20.6. The van der Waals surface area contributed by atoms with E-state index >= 15 is 0 Å². The summed E-state index contributed by atoms with van der Waals surface area (Å²) in [5.74, 6) is 0. The van der Waals surface area contributed by atoms with Gasteiger partial charge in [-0.1, -0.05) is 19.9 Å². The number of fused-ring (bicyclic) bond motifs is 2. The van der Waals surface area contributed by atoms with Crippen LogP contribution in [0.5, 0.6) is 0 Å². The Bertz CT molecular complexity index is 1210. The lowest BCUT2D eigenvalue weighted by Crippen LogP contribution is -1.85. The summed E-state index contributed by atoms with van der Waals surface area (Å²) in [4.78, 5) is 12.4. The number of aryl methyl sites for hydroxylation is 4. The molecule has 5 heterocycles. The Kier molecular flexibility index (Phi) is 9.89. The molecule has 33 heavy (non-hydrogen) atoms. The second-order valence-corrected chi connectivity index (χ2v) is 7.12. The van der Waals surface area contributed by atoms with Gasteiger partial charge in [0, 0.05) is 31.0 Å². The van der Waals surface area contributed by atoms with Gasteiger partial charge in [0.25, 0.3) is 0 Å². The van der Waals surface area contributed by atoms with Crippen LogP contribution in [0, 0.1) is 27.7 Å². The van der Waals surface area contributed by atoms with Gasteiger partial charge in [0.2, 0.25) is 0 Å². The molecule has 0 atom stereocenters. The Morgan fingerprint density at radius 2 is 1.61 bits per heavy atom. The number of pyridine rings is 3. The number of hydrogen-bond donors (Lipinski definition) is 0. The minimum Gasteiger partial charge on any atom is -0.259 e. The topological polar surface area (TPSA) is 72.7 Å². The fourth-order valence-corrected chi connectivity index (χ4v) is 2.94. The summed E-state index contributed by atoms with van der Waals surface area (Å²) in [6.45, 7) is 14.0. The molecule has 0 aromatic carbocycles. The highest BCUT2D eigenvalue weighted by Crippen LogP contribution is 2.19. The number of aliphatic imine (C=N–C) groups is 1. The van der Waals surface area contributed by atoms with Crippen molar-refractivity contribution in [2.45, 2.75) is 48.5 Å². The van der Waals surface area contributed by atoms with E-state index in [-0.39, 0.29) is 0 Å². The van der Waals surface area contributed by atoms with Crippen molar-refractivity contribution in [2.75, 3.05) is 0 Å². The first-order chi connectivity index (χ1) is 16.0. The van der Waals surface area contributed by atoms with Gasteiger partial charge < -0.3 is 0 Å². The van der Waals surface area contributed by atoms with E-state index < -0.39 is 0 Å². The van der Waals surface area contributed by atoms with Crippen LogP contribution >= 0.6 is 0 Å². The van der Waals surface area contributed by atoms with Gasteiger partial charge in [-0.25, -0.2) is 14.0 Å². The van der Waals surface area contributed by atoms with Gasteiger partial charge in [0.15, 0.2) is 5.65 Å². The standard InChI is InChI=1S/C9H12N2.C8H8N2.C7H7N3.C2H6/c1-4-10-9-7(2)5-6-11-8(9)3;1-7-2-3-8-4-5-9-10(8)6-7;1-6-2-3-10-7(4-6)8-5-9-10;1-2/h4-6H,1-3H3;2-6H,1H3;2-5H,1H3;1-2H3. The maximum Gasteiger partial charge on any atom is 0.155 e. The molecule has 0 bridgehead atoms. The second-order valence-electron chi connectivity index (χ2n) is 7.12. The molecular weight excluding hydrogens is 410 g/mol. The van der Waals surface area contributed by atoms with Gasteiger partial charge in [0.05, 0.1) is 16.9 Å². The van der Waals surface area contributed by atoms with Crippen molar-refractivity contribution < 1.29 is 0 Å². The van der Waals surface area contributed by atoms with Crippen molar-refractivity contribution in [3.05, 3.63) is 89.9 Å². The van der Waals surface area contributed by atoms with Crippen LogP contribution in [0.25, 0.3) is 11.2 Å². The van der Waals surface area contributed by atoms with E-state index in [0.29, 0.717) is 0 Å². The lowest BCUT2D eigenvalue weighted by Gasteiger charge is -2.00. The van der Waals surface area contributed by atoms with E-state index in [1.165, 1.54) is 16.7 Å². The smallest absolute Gasteiger partial charge is 0.155 e. The van der Waals surface area contributed by atoms with Crippen molar-refractivity contribution in [2.24, 2.45) is 4.99 Å². The molecule has 7 nitrogen and oxygen atoms in total. The highest BCUT2D eigenvalue weighted by atomic mass is 15.3. The summed E-state index contributed by atoms with van der Waals surface area (Å²) in [5, 5.41) is 8.06. The maximum atomic E-state index is 4.22. The average Bonchev–Trinajstić information content (AvgIpc) is 3.47. The lowest BCUT2D eigenvalue weighted by molar-refractivity contribution is 0.952. The van der Waals surface area contributed by atoms with Crippen LogP contribution in [0.3, 0.4) is 0 Å². The average molecular weight is 444 g/mol. The highest BCUT2D eigenvalue weighted by Gasteiger charge is 1.98. The molecule has 0 radical (unpaired) electrons. The predicted octanol–water partition coefficient (Wildman–Crippen LogP) is 6.13. The van der Waals surface area contributed by atoms with E-state index in [9.17, 15) is 0 Å². The van der Waals surface area contributed by atoms with Gasteiger partial charge >= 0.3 is 0 Å². The molecule has 0 aliphatic heterocycles. The molecule has 0 amide bonds. The van der Waals surface area contributed by atoms with Crippen molar-refractivity contribution in [1.82, 2.24) is 29.2 Å². The van der Waals surface area contributed by atoms with Crippen molar-refractivity contribution in [3.63, 3.8) is 0 Å². The van der Waals surface area contributed by atoms with Crippen LogP contribution in [0.1, 0.15) is 43.2 Å². The van der Waals surface area contributed by atoms with Gasteiger partial charge in [0.1, 0.15) is 6.33 Å². The summed E-state index contributed by atoms with van der Waals surface area (Å²) in [5.41, 5.74) is 7.65. The van der Waals surface area contributed by atoms with Gasteiger partial charge in [-0.05, 0) is 81.6 Å². The first-order valence-corrected chi connectivity index (χ1v) is 11.0. The number of hydrogen-bond acceptors (Lipinski definition) is 5. The Labute approximate surface area is 195 Å². The summed E-state index contributed by atoms with van der Waals surface area (Å²) in [6.07, 6.45) is 10.9. The molecule has 5 rings (SSSR count). The molecule has 0 spiro atoms. The van der Waals surface area contributed by atoms with E-state index in [0.717, 1.165) is 22.5 Å². The third-order valence-electron chi connectivity index (χ3n) is 4.55. The molecule has 0 fully saturated rings. The second kappa shape index (κ2) is 12.9. The number of nitrogens with zero attached hydrogens (tertiary/aromatic N) is 7. The molecule has 0 aliphatic rings. The zero-order valence-electron chi connectivity index (χ0n) is 20.6. The maximum absolute atomic E-state index is 4.22. The van der Waals surface area contributed by atoms with Crippen LogP contribution in [-0.2, 0) is 0 Å². The third kappa shape index (κ3) is 7.35. The van der Waals surface area contributed by atoms with E-state index in [1.807, 2.05) is 82.7 Å². The van der Waals surface area contributed by atoms with Crippen molar-refractivity contribution in [1.29, 1.82) is 0 Å². The first-order valence-electron chi connectivity index (χ1n) is 11.0. The normalized spacial score (nSPS) is 10.2. The van der Waals surface area contributed by atoms with Gasteiger partial charge in [-0.15, -0.1) is 0 Å². The largest absolute Gasteiger partial charge is 0.259 e. The first kappa shape index (κ1) is 25.4. The van der Waals surface area contributed by atoms with Gasteiger partial charge in [-0.3, -0.25) is 9.98 Å². The molecule has 0 saturated heterocycles. The van der Waals surface area contributed by atoms with Crippen LogP contribution in [-0.4, -0.2) is 35.4 Å². The van der Waals surface area contributed by atoms with Crippen LogP contribution in [0.15, 0.2) is 72.5 Å². The van der Waals surface area contributed by atoms with E-state index in [1.54, 1.807) is 29.5 Å². The van der Waals surface area contributed by atoms with E-state index in [4.69, 9.17) is 0 Å². The SMILES string of the molecule is CC.CC=Nc1c(C)ccnc1C.Cc1ccc2ccnn2c1.Cc1ccn2ncnc2c1. The van der Waals surface area contributed by atoms with Crippen LogP contribution in [0.4, 0.5) is 5.69 Å². The fourth-order valence-electron chi connectivity index (χ4n) is 2.94. The van der Waals surface area contributed by atoms with E-state index in [2.05, 4.69) is 44.2 Å². The minimum atomic E-state index is 0.903. The Morgan fingerprint density at radius 1 is 0.818 bits per heavy atom. The molecule has 5 aromatic heterocycles. The van der Waals surface area contributed by atoms with Crippen molar-refractivity contribution >= 4 is 23.1 Å². The molecule has 0 saturated carbocycles. The molecule has 0 unspecified atom stereocenters. The molecule has 0 aliphatic carbocycles. The summed E-state index contributed by atoms with van der Waals surface area (Å²) in [7, 11) is 0. The number of rotatable bonds is 1. The Morgan fingerprint density at radius 3 is 2.33 bits per heavy atom. The van der Waals surface area contributed by atoms with Gasteiger partial charge in [-0.2, -0.15) is 10.2 Å².